The van der Waals surface area contributed by atoms with Crippen molar-refractivity contribution < 1.29 is 13.2 Å². The van der Waals surface area contributed by atoms with Gasteiger partial charge in [-0.05, 0) is 23.8 Å². The van der Waals surface area contributed by atoms with Crippen LogP contribution in [0.25, 0.3) is 6.08 Å². The first-order chi connectivity index (χ1) is 8.87. The third kappa shape index (κ3) is 7.22. The van der Waals surface area contributed by atoms with E-state index < -0.39 is 10.0 Å². The van der Waals surface area contributed by atoms with Gasteiger partial charge < -0.3 is 11.1 Å². The quantitative estimate of drug-likeness (QED) is 0.387. The highest BCUT2D eigenvalue weighted by Gasteiger charge is 1.99. The number of hydrogen-bond donors (Lipinski definition) is 3. The van der Waals surface area contributed by atoms with E-state index in [2.05, 4.69) is 10.0 Å². The summed E-state index contributed by atoms with van der Waals surface area (Å²) < 4.78 is 23.8. The maximum atomic E-state index is 11.4. The highest BCUT2D eigenvalue weighted by atomic mass is 32.2. The third-order valence-electron chi connectivity index (χ3n) is 2.15. The maximum Gasteiger partial charge on any atom is 0.244 e. The summed E-state index contributed by atoms with van der Waals surface area (Å²) in [5.74, 6) is -0.285. The first-order valence-electron chi connectivity index (χ1n) is 5.63. The van der Waals surface area contributed by atoms with E-state index in [0.29, 0.717) is 5.69 Å². The number of nitrogens with one attached hydrogen (secondary N) is 2. The van der Waals surface area contributed by atoms with Crippen LogP contribution in [0.5, 0.6) is 0 Å². The van der Waals surface area contributed by atoms with Gasteiger partial charge in [0.2, 0.25) is 15.9 Å². The van der Waals surface area contributed by atoms with Gasteiger partial charge >= 0.3 is 0 Å². The van der Waals surface area contributed by atoms with E-state index in [-0.39, 0.29) is 19.0 Å². The highest BCUT2D eigenvalue weighted by Crippen LogP contribution is 2.06. The van der Waals surface area contributed by atoms with Crippen LogP contribution in [-0.2, 0) is 14.8 Å². The molecule has 0 atom stereocenters. The van der Waals surface area contributed by atoms with Gasteiger partial charge in [0.1, 0.15) is 0 Å². The number of hydrogen-bond acceptors (Lipinski definition) is 4. The zero-order valence-electron chi connectivity index (χ0n) is 10.6. The van der Waals surface area contributed by atoms with Crippen LogP contribution in [0.2, 0.25) is 0 Å². The molecule has 1 amide bonds. The minimum atomic E-state index is -3.21. The van der Waals surface area contributed by atoms with Crippen LogP contribution >= 0.6 is 0 Å². The topological polar surface area (TPSA) is 101 Å². The van der Waals surface area contributed by atoms with Crippen LogP contribution in [0.1, 0.15) is 5.56 Å². The molecule has 6 nitrogen and oxygen atoms in total. The van der Waals surface area contributed by atoms with Crippen molar-refractivity contribution in [1.82, 2.24) is 10.0 Å². The van der Waals surface area contributed by atoms with E-state index in [1.165, 1.54) is 6.08 Å². The Balaban J connectivity index is 2.33. The van der Waals surface area contributed by atoms with Gasteiger partial charge in [-0.25, -0.2) is 13.1 Å². The predicted octanol–water partition coefficient (Wildman–Crippen LogP) is -0.0526. The second-order valence-electron chi connectivity index (χ2n) is 3.96. The summed E-state index contributed by atoms with van der Waals surface area (Å²) in [5.41, 5.74) is 7.06. The van der Waals surface area contributed by atoms with Crippen LogP contribution in [0.15, 0.2) is 30.3 Å². The molecule has 0 unspecified atom stereocenters. The molecule has 1 aromatic carbocycles. The molecule has 104 valence electrons. The predicted molar refractivity (Wildman–Crippen MR) is 75.7 cm³/mol. The summed E-state index contributed by atoms with van der Waals surface area (Å²) in [4.78, 5) is 11.4. The molecule has 1 aromatic rings. The molecule has 0 saturated heterocycles. The largest absolute Gasteiger partial charge is 0.399 e. The Hall–Kier alpha value is -1.86. The molecule has 0 aliphatic heterocycles. The van der Waals surface area contributed by atoms with E-state index in [1.807, 2.05) is 0 Å². The van der Waals surface area contributed by atoms with Gasteiger partial charge in [-0.15, -0.1) is 0 Å². The smallest absolute Gasteiger partial charge is 0.244 e. The Labute approximate surface area is 112 Å². The summed E-state index contributed by atoms with van der Waals surface area (Å²) in [6.07, 6.45) is 4.10. The van der Waals surface area contributed by atoms with E-state index in [1.54, 1.807) is 30.3 Å². The number of anilines is 1. The van der Waals surface area contributed by atoms with Crippen molar-refractivity contribution in [2.75, 3.05) is 25.1 Å². The Morgan fingerprint density at radius 3 is 2.47 bits per heavy atom. The van der Waals surface area contributed by atoms with Gasteiger partial charge in [-0.2, -0.15) is 0 Å². The minimum Gasteiger partial charge on any atom is -0.399 e. The molecule has 0 fully saturated rings. The molecular formula is C12H17N3O3S. The number of nitrogens with two attached hydrogens (primary N) is 1. The number of nitrogen functional groups attached to an aromatic ring is 1. The van der Waals surface area contributed by atoms with Gasteiger partial charge in [0.25, 0.3) is 0 Å². The van der Waals surface area contributed by atoms with Gasteiger partial charge in [0.15, 0.2) is 0 Å². The van der Waals surface area contributed by atoms with Crippen LogP contribution in [0.4, 0.5) is 5.69 Å². The normalized spacial score (nSPS) is 11.6. The first-order valence-corrected chi connectivity index (χ1v) is 7.52. The molecular weight excluding hydrogens is 266 g/mol. The van der Waals surface area contributed by atoms with Crippen LogP contribution < -0.4 is 15.8 Å². The Kier molecular flexibility index (Phi) is 5.53. The molecule has 0 spiro atoms. The first kappa shape index (κ1) is 15.2. The van der Waals surface area contributed by atoms with Crippen molar-refractivity contribution in [1.29, 1.82) is 0 Å². The molecule has 0 heterocycles. The molecule has 0 bridgehead atoms. The molecule has 1 rings (SSSR count). The summed E-state index contributed by atoms with van der Waals surface area (Å²) in [7, 11) is -3.21. The highest BCUT2D eigenvalue weighted by molar-refractivity contribution is 7.88. The lowest BCUT2D eigenvalue weighted by Crippen LogP contribution is -2.33. The third-order valence-corrected chi connectivity index (χ3v) is 2.88. The molecule has 4 N–H and O–H groups in total. The molecule has 0 saturated carbocycles. The Morgan fingerprint density at radius 1 is 1.26 bits per heavy atom. The second kappa shape index (κ2) is 6.91. The monoisotopic (exact) mass is 283 g/mol. The minimum absolute atomic E-state index is 0.167. The Morgan fingerprint density at radius 2 is 1.89 bits per heavy atom. The van der Waals surface area contributed by atoms with E-state index in [9.17, 15) is 13.2 Å². The summed E-state index contributed by atoms with van der Waals surface area (Å²) in [5, 5.41) is 2.56. The number of carbonyl (C=O) groups excluding carboxylic acids is 1. The van der Waals surface area contributed by atoms with Crippen LogP contribution in [-0.4, -0.2) is 33.7 Å². The number of carbonyl (C=O) groups is 1. The van der Waals surface area contributed by atoms with Crippen molar-refractivity contribution in [3.63, 3.8) is 0 Å². The lowest BCUT2D eigenvalue weighted by Gasteiger charge is -2.02. The van der Waals surface area contributed by atoms with E-state index >= 15 is 0 Å². The van der Waals surface area contributed by atoms with Crippen molar-refractivity contribution in [3.8, 4) is 0 Å². The fourth-order valence-corrected chi connectivity index (χ4v) is 1.73. The summed E-state index contributed by atoms with van der Waals surface area (Å²) in [6, 6.07) is 7.08. The summed E-state index contributed by atoms with van der Waals surface area (Å²) >= 11 is 0. The number of rotatable bonds is 6. The summed E-state index contributed by atoms with van der Waals surface area (Å²) in [6.45, 7) is 0.401. The fourth-order valence-electron chi connectivity index (χ4n) is 1.26. The number of sulfonamides is 1. The van der Waals surface area contributed by atoms with Crippen molar-refractivity contribution in [2.45, 2.75) is 0 Å². The van der Waals surface area contributed by atoms with E-state index in [4.69, 9.17) is 5.73 Å². The van der Waals surface area contributed by atoms with E-state index in [0.717, 1.165) is 11.8 Å². The molecule has 0 aliphatic rings. The van der Waals surface area contributed by atoms with Crippen LogP contribution in [0.3, 0.4) is 0 Å². The van der Waals surface area contributed by atoms with Gasteiger partial charge in [0.05, 0.1) is 6.26 Å². The van der Waals surface area contributed by atoms with Crippen LogP contribution in [0, 0.1) is 0 Å². The molecule has 7 heteroatoms. The zero-order valence-corrected chi connectivity index (χ0v) is 11.4. The standard InChI is InChI=1S/C12H17N3O3S/c1-19(17,18)15-9-8-14-12(16)7-4-10-2-5-11(13)6-3-10/h2-7,15H,8-9,13H2,1H3,(H,14,16)/b7-4+. The molecule has 0 aliphatic carbocycles. The lowest BCUT2D eigenvalue weighted by atomic mass is 10.2. The second-order valence-corrected chi connectivity index (χ2v) is 5.79. The van der Waals surface area contributed by atoms with Gasteiger partial charge in [0, 0.05) is 24.9 Å². The Bertz CT molecular complexity index is 550. The molecule has 19 heavy (non-hydrogen) atoms. The van der Waals surface area contributed by atoms with Crippen molar-refractivity contribution in [2.24, 2.45) is 0 Å². The molecule has 0 radical (unpaired) electrons. The molecule has 0 aromatic heterocycles. The van der Waals surface area contributed by atoms with Crippen molar-refractivity contribution in [3.05, 3.63) is 35.9 Å². The lowest BCUT2D eigenvalue weighted by molar-refractivity contribution is -0.116. The van der Waals surface area contributed by atoms with Crippen molar-refractivity contribution >= 4 is 27.7 Å². The average Bonchev–Trinajstić information content (AvgIpc) is 2.33. The average molecular weight is 283 g/mol. The maximum absolute atomic E-state index is 11.4. The number of amides is 1. The van der Waals surface area contributed by atoms with Gasteiger partial charge in [-0.3, -0.25) is 4.79 Å². The SMILES string of the molecule is CS(=O)(=O)NCCNC(=O)/C=C/c1ccc(N)cc1. The number of benzene rings is 1. The van der Waals surface area contributed by atoms with Gasteiger partial charge in [-0.1, -0.05) is 12.1 Å². The zero-order chi connectivity index (χ0) is 14.3. The fraction of sp³-hybridized carbons (Fsp3) is 0.250.